The Morgan fingerprint density at radius 1 is 1.18 bits per heavy atom. The van der Waals surface area contributed by atoms with Gasteiger partial charge in [-0.2, -0.15) is 8.42 Å². The van der Waals surface area contributed by atoms with Crippen molar-refractivity contribution in [3.8, 4) is 5.75 Å². The zero-order valence-corrected chi connectivity index (χ0v) is 18.3. The number of fused-ring (bicyclic) bond motifs is 2. The van der Waals surface area contributed by atoms with Crippen LogP contribution in [0, 0.1) is 11.8 Å². The lowest BCUT2D eigenvalue weighted by atomic mass is 9.90. The summed E-state index contributed by atoms with van der Waals surface area (Å²) in [7, 11) is -4.21. The van der Waals surface area contributed by atoms with Crippen molar-refractivity contribution >= 4 is 38.9 Å². The molecule has 1 fully saturated rings. The van der Waals surface area contributed by atoms with Crippen molar-refractivity contribution in [2.45, 2.75) is 17.7 Å². The van der Waals surface area contributed by atoms with Gasteiger partial charge in [-0.3, -0.25) is 9.59 Å². The number of ether oxygens (including phenoxy) is 1. The number of aliphatic hydroxyl groups is 1. The van der Waals surface area contributed by atoms with Crippen LogP contribution in [0.2, 0.25) is 0 Å². The van der Waals surface area contributed by atoms with Crippen LogP contribution in [0.15, 0.2) is 51.8 Å². The van der Waals surface area contributed by atoms with E-state index in [-0.39, 0.29) is 35.4 Å². The van der Waals surface area contributed by atoms with E-state index >= 15 is 0 Å². The van der Waals surface area contributed by atoms with Crippen LogP contribution in [0.1, 0.15) is 23.2 Å². The number of ketones is 1. The normalized spacial score (nSPS) is 21.1. The third kappa shape index (κ3) is 3.99. The van der Waals surface area contributed by atoms with E-state index in [2.05, 4.69) is 15.1 Å². The van der Waals surface area contributed by atoms with Gasteiger partial charge in [-0.1, -0.05) is 12.1 Å². The molecule has 11 heteroatoms. The SMILES string of the molecule is O=C1c2ccccc2N(NCC2CC2)C(=O)C1C1=NS(=O)(=O)c2cc(OCCO)ccc2N1. The molecule has 2 aromatic carbocycles. The Labute approximate surface area is 190 Å². The van der Waals surface area contributed by atoms with Crippen molar-refractivity contribution in [2.24, 2.45) is 16.2 Å². The number of benzene rings is 2. The maximum atomic E-state index is 13.4. The number of nitrogens with one attached hydrogen (secondary N) is 2. The average Bonchev–Trinajstić information content (AvgIpc) is 3.62. The molecule has 2 aromatic rings. The largest absolute Gasteiger partial charge is 0.491 e. The van der Waals surface area contributed by atoms with E-state index in [4.69, 9.17) is 9.84 Å². The van der Waals surface area contributed by atoms with Gasteiger partial charge in [-0.05, 0) is 43.0 Å². The number of hydrazine groups is 1. The topological polar surface area (TPSA) is 137 Å². The third-order valence-electron chi connectivity index (χ3n) is 5.72. The fourth-order valence-corrected chi connectivity index (χ4v) is 5.05. The Bertz CT molecular complexity index is 1270. The number of para-hydroxylation sites is 1. The Morgan fingerprint density at radius 3 is 2.73 bits per heavy atom. The van der Waals surface area contributed by atoms with E-state index in [1.165, 1.54) is 23.2 Å². The van der Waals surface area contributed by atoms with Gasteiger partial charge in [0.15, 0.2) is 11.7 Å². The smallest absolute Gasteiger partial charge is 0.286 e. The molecule has 1 unspecified atom stereocenters. The molecule has 0 aromatic heterocycles. The average molecular weight is 471 g/mol. The Kier molecular flexibility index (Phi) is 5.39. The van der Waals surface area contributed by atoms with Crippen LogP contribution in [0.25, 0.3) is 0 Å². The predicted molar refractivity (Wildman–Crippen MR) is 120 cm³/mol. The minimum absolute atomic E-state index is 0.00889. The minimum Gasteiger partial charge on any atom is -0.491 e. The zero-order valence-electron chi connectivity index (χ0n) is 17.5. The van der Waals surface area contributed by atoms with Crippen LogP contribution >= 0.6 is 0 Å². The summed E-state index contributed by atoms with van der Waals surface area (Å²) in [5.41, 5.74) is 4.05. The second-order valence-electron chi connectivity index (χ2n) is 8.10. The number of anilines is 2. The van der Waals surface area contributed by atoms with Crippen LogP contribution in [0.5, 0.6) is 5.75 Å². The van der Waals surface area contributed by atoms with Crippen molar-refractivity contribution in [3.63, 3.8) is 0 Å². The molecule has 3 N–H and O–H groups in total. The van der Waals surface area contributed by atoms with Gasteiger partial charge in [0.05, 0.1) is 18.0 Å². The lowest BCUT2D eigenvalue weighted by Gasteiger charge is -2.34. The van der Waals surface area contributed by atoms with Gasteiger partial charge in [-0.25, -0.2) is 10.4 Å². The first kappa shape index (κ1) is 21.6. The van der Waals surface area contributed by atoms with Crippen LogP contribution < -0.4 is 20.5 Å². The molecule has 0 saturated heterocycles. The summed E-state index contributed by atoms with van der Waals surface area (Å²) in [5, 5.41) is 13.1. The second-order valence-corrected chi connectivity index (χ2v) is 9.67. The molecule has 0 bridgehead atoms. The molecule has 1 atom stereocenters. The lowest BCUT2D eigenvalue weighted by molar-refractivity contribution is -0.120. The molecule has 1 saturated carbocycles. The first-order valence-corrected chi connectivity index (χ1v) is 12.0. The first-order valence-electron chi connectivity index (χ1n) is 10.6. The summed E-state index contributed by atoms with van der Waals surface area (Å²) in [6, 6.07) is 11.0. The van der Waals surface area contributed by atoms with Crippen LogP contribution in [-0.2, 0) is 14.8 Å². The van der Waals surface area contributed by atoms with Gasteiger partial charge in [0.2, 0.25) is 0 Å². The molecule has 172 valence electrons. The molecule has 1 amide bonds. The highest BCUT2D eigenvalue weighted by molar-refractivity contribution is 7.90. The fraction of sp³-hybridized carbons (Fsp3) is 0.318. The lowest BCUT2D eigenvalue weighted by Crippen LogP contribution is -2.55. The number of carbonyl (C=O) groups excluding carboxylic acids is 2. The van der Waals surface area contributed by atoms with E-state index in [1.807, 2.05) is 0 Å². The van der Waals surface area contributed by atoms with Crippen LogP contribution in [0.3, 0.4) is 0 Å². The van der Waals surface area contributed by atoms with Crippen LogP contribution in [0.4, 0.5) is 11.4 Å². The maximum absolute atomic E-state index is 13.4. The zero-order chi connectivity index (χ0) is 23.2. The number of amidine groups is 1. The number of sulfonamides is 1. The monoisotopic (exact) mass is 470 g/mol. The number of Topliss-reactive ketones (excluding diaryl/α,β-unsaturated/α-hetero) is 1. The van der Waals surface area contributed by atoms with E-state index in [0.29, 0.717) is 23.7 Å². The van der Waals surface area contributed by atoms with Crippen molar-refractivity contribution in [1.82, 2.24) is 5.43 Å². The molecular formula is C22H22N4O6S. The molecule has 0 radical (unpaired) electrons. The number of nitrogens with zero attached hydrogens (tertiary/aromatic N) is 2. The van der Waals surface area contributed by atoms with Gasteiger partial charge in [0, 0.05) is 18.2 Å². The molecule has 0 spiro atoms. The Hall–Kier alpha value is -3.28. The summed E-state index contributed by atoms with van der Waals surface area (Å²) in [5.74, 6) is -2.06. The van der Waals surface area contributed by atoms with Gasteiger partial charge >= 0.3 is 0 Å². The summed E-state index contributed by atoms with van der Waals surface area (Å²) < 4.78 is 34.9. The van der Waals surface area contributed by atoms with E-state index in [0.717, 1.165) is 12.8 Å². The summed E-state index contributed by atoms with van der Waals surface area (Å²) in [4.78, 5) is 26.6. The number of rotatable bonds is 7. The molecule has 1 aliphatic carbocycles. The van der Waals surface area contributed by atoms with Crippen molar-refractivity contribution in [2.75, 3.05) is 30.1 Å². The van der Waals surface area contributed by atoms with E-state index in [9.17, 15) is 18.0 Å². The Morgan fingerprint density at radius 2 is 1.97 bits per heavy atom. The molecular weight excluding hydrogens is 448 g/mol. The number of amides is 1. The highest BCUT2D eigenvalue weighted by Crippen LogP contribution is 2.36. The minimum atomic E-state index is -4.21. The van der Waals surface area contributed by atoms with Crippen LogP contribution in [-0.4, -0.2) is 50.8 Å². The molecule has 33 heavy (non-hydrogen) atoms. The summed E-state index contributed by atoms with van der Waals surface area (Å²) >= 11 is 0. The van der Waals surface area contributed by atoms with Gasteiger partial charge in [0.25, 0.3) is 15.9 Å². The quantitative estimate of drug-likeness (QED) is 0.516. The summed E-state index contributed by atoms with van der Waals surface area (Å²) in [6.07, 6.45) is 2.15. The van der Waals surface area contributed by atoms with Gasteiger partial charge < -0.3 is 15.2 Å². The number of hydrogen-bond acceptors (Lipinski definition) is 8. The number of carbonyl (C=O) groups is 2. The van der Waals surface area contributed by atoms with E-state index < -0.39 is 27.6 Å². The third-order valence-corrected chi connectivity index (χ3v) is 7.05. The molecule has 10 nitrogen and oxygen atoms in total. The predicted octanol–water partition coefficient (Wildman–Crippen LogP) is 1.33. The molecule has 5 rings (SSSR count). The first-order chi connectivity index (χ1) is 15.9. The highest BCUT2D eigenvalue weighted by atomic mass is 32.2. The number of hydrogen-bond donors (Lipinski definition) is 3. The molecule has 3 aliphatic rings. The van der Waals surface area contributed by atoms with Crippen molar-refractivity contribution in [1.29, 1.82) is 0 Å². The van der Waals surface area contributed by atoms with Crippen molar-refractivity contribution < 1.29 is 27.9 Å². The molecule has 2 heterocycles. The Balaban J connectivity index is 1.51. The van der Waals surface area contributed by atoms with Crippen molar-refractivity contribution in [3.05, 3.63) is 48.0 Å². The second kappa shape index (κ2) is 8.25. The maximum Gasteiger partial charge on any atom is 0.286 e. The van der Waals surface area contributed by atoms with E-state index in [1.54, 1.807) is 24.3 Å². The fourth-order valence-electron chi connectivity index (χ4n) is 3.88. The molecule has 2 aliphatic heterocycles. The summed E-state index contributed by atoms with van der Waals surface area (Å²) in [6.45, 7) is 0.372. The standard InChI is InChI=1S/C22H22N4O6S/c27-9-10-32-14-7-8-16-18(11-14)33(30,31)25-21(24-16)19-20(28)15-3-1-2-4-17(15)26(22(19)29)23-12-13-5-6-13/h1-4,7-8,11,13,19,23,27H,5-6,9-10,12H2,(H,24,25). The van der Waals surface area contributed by atoms with Gasteiger partial charge in [0.1, 0.15) is 23.1 Å². The number of aliphatic hydroxyl groups excluding tert-OH is 1. The van der Waals surface area contributed by atoms with Gasteiger partial charge in [-0.15, -0.1) is 4.40 Å². The highest BCUT2D eigenvalue weighted by Gasteiger charge is 2.45.